The number of benzene rings is 4. The number of aromatic nitrogens is 1. The minimum absolute atomic E-state index is 0.0585. The van der Waals surface area contributed by atoms with Crippen molar-refractivity contribution in [2.45, 2.75) is 0 Å². The quantitative estimate of drug-likeness (QED) is 0.448. The summed E-state index contributed by atoms with van der Waals surface area (Å²) in [5.41, 5.74) is 8.60. The second-order valence-electron chi connectivity index (χ2n) is 6.86. The SMILES string of the molecule is Nc1nc2c3cccc(O[Cl+3]([O-])([O-])[O-])c3cc(-c3ccccc3)c2c2ccccc12. The second kappa shape index (κ2) is 6.83. The van der Waals surface area contributed by atoms with Gasteiger partial charge in [-0.25, -0.2) is 4.98 Å². The second-order valence-corrected chi connectivity index (χ2v) is 7.77. The van der Waals surface area contributed by atoms with Crippen LogP contribution in [0.15, 0.2) is 78.9 Å². The molecule has 0 radical (unpaired) electrons. The van der Waals surface area contributed by atoms with Crippen molar-refractivity contribution in [3.63, 3.8) is 0 Å². The van der Waals surface area contributed by atoms with Gasteiger partial charge in [0.05, 0.1) is 5.52 Å². The van der Waals surface area contributed by atoms with E-state index in [-0.39, 0.29) is 5.75 Å². The number of nitrogens with two attached hydrogens (primary N) is 1. The van der Waals surface area contributed by atoms with Crippen molar-refractivity contribution in [2.24, 2.45) is 0 Å². The molecule has 0 saturated carbocycles. The third-order valence-electron chi connectivity index (χ3n) is 5.08. The summed E-state index contributed by atoms with van der Waals surface area (Å²) in [6, 6.07) is 24.1. The van der Waals surface area contributed by atoms with Gasteiger partial charge in [0.2, 0.25) is 0 Å². The minimum atomic E-state index is -4.64. The Labute approximate surface area is 173 Å². The molecule has 1 aromatic heterocycles. The van der Waals surface area contributed by atoms with E-state index in [0.717, 1.165) is 27.3 Å². The Bertz CT molecular complexity index is 1420. The fourth-order valence-electron chi connectivity index (χ4n) is 3.89. The monoisotopic (exact) mass is 418 g/mol. The zero-order valence-electron chi connectivity index (χ0n) is 15.5. The summed E-state index contributed by atoms with van der Waals surface area (Å²) < 4.78 is 38.5. The van der Waals surface area contributed by atoms with Gasteiger partial charge in [-0.05, 0) is 28.6 Å². The molecule has 0 aliphatic heterocycles. The van der Waals surface area contributed by atoms with Gasteiger partial charge in [-0.1, -0.05) is 71.0 Å². The van der Waals surface area contributed by atoms with Crippen LogP contribution in [0.1, 0.15) is 0 Å². The van der Waals surface area contributed by atoms with Crippen LogP contribution in [0.25, 0.3) is 43.6 Å². The molecule has 0 fully saturated rings. The van der Waals surface area contributed by atoms with Gasteiger partial charge in [-0.3, -0.25) is 0 Å². The van der Waals surface area contributed by atoms with Crippen LogP contribution in [0.3, 0.4) is 0 Å². The lowest BCUT2D eigenvalue weighted by Crippen LogP contribution is -2.63. The molecular weight excluding hydrogens is 404 g/mol. The number of nitrogen functional groups attached to an aromatic ring is 1. The number of fused-ring (bicyclic) bond motifs is 5. The van der Waals surface area contributed by atoms with Crippen molar-refractivity contribution in [2.75, 3.05) is 5.73 Å². The maximum Gasteiger partial charge on any atom is 0.296 e. The van der Waals surface area contributed by atoms with Crippen molar-refractivity contribution in [3.05, 3.63) is 78.9 Å². The van der Waals surface area contributed by atoms with Crippen molar-refractivity contribution in [1.82, 2.24) is 4.98 Å². The summed E-state index contributed by atoms with van der Waals surface area (Å²) in [7, 11) is -4.64. The van der Waals surface area contributed by atoms with Crippen LogP contribution in [0, 0.1) is 10.2 Å². The summed E-state index contributed by atoms with van der Waals surface area (Å²) in [4.78, 5) is 4.65. The van der Waals surface area contributed by atoms with Crippen LogP contribution in [0.2, 0.25) is 0 Å². The molecule has 5 aromatic rings. The Morgan fingerprint density at radius 3 is 2.13 bits per heavy atom. The molecule has 30 heavy (non-hydrogen) atoms. The largest absolute Gasteiger partial charge is 0.383 e. The molecule has 0 spiro atoms. The number of halogens is 1. The van der Waals surface area contributed by atoms with Gasteiger partial charge in [-0.2, -0.15) is 14.0 Å². The molecule has 4 aromatic carbocycles. The molecule has 5 rings (SSSR count). The molecular formula is C23H15ClN2O4. The van der Waals surface area contributed by atoms with Gasteiger partial charge < -0.3 is 5.73 Å². The van der Waals surface area contributed by atoms with Crippen LogP contribution in [-0.4, -0.2) is 4.98 Å². The predicted molar refractivity (Wildman–Crippen MR) is 107 cm³/mol. The van der Waals surface area contributed by atoms with Crippen LogP contribution < -0.4 is 24.0 Å². The Morgan fingerprint density at radius 1 is 0.733 bits per heavy atom. The molecule has 2 N–H and O–H groups in total. The Kier molecular flexibility index (Phi) is 4.23. The van der Waals surface area contributed by atoms with Gasteiger partial charge in [0.25, 0.3) is 5.75 Å². The molecule has 0 aliphatic carbocycles. The van der Waals surface area contributed by atoms with E-state index in [2.05, 4.69) is 4.98 Å². The third kappa shape index (κ3) is 3.08. The maximum atomic E-state index is 11.3. The van der Waals surface area contributed by atoms with Gasteiger partial charge in [0, 0.05) is 21.5 Å². The Morgan fingerprint density at radius 2 is 1.40 bits per heavy atom. The lowest BCUT2D eigenvalue weighted by Gasteiger charge is -2.16. The highest BCUT2D eigenvalue weighted by Crippen LogP contribution is 2.42. The van der Waals surface area contributed by atoms with Crippen LogP contribution in [0.4, 0.5) is 5.82 Å². The van der Waals surface area contributed by atoms with Gasteiger partial charge in [0.15, 0.2) is 0 Å². The number of pyridine rings is 1. The number of hydrogen-bond acceptors (Lipinski definition) is 6. The van der Waals surface area contributed by atoms with E-state index in [1.807, 2.05) is 60.7 Å². The number of hydrogen-bond donors (Lipinski definition) is 1. The highest BCUT2D eigenvalue weighted by molar-refractivity contribution is 6.23. The van der Waals surface area contributed by atoms with Crippen molar-refractivity contribution < 1.29 is 28.5 Å². The number of nitrogens with zero attached hydrogens (tertiary/aromatic N) is 1. The lowest BCUT2D eigenvalue weighted by molar-refractivity contribution is -1.91. The summed E-state index contributed by atoms with van der Waals surface area (Å²) in [6.45, 7) is 0. The van der Waals surface area contributed by atoms with E-state index in [4.69, 9.17) is 10.0 Å². The van der Waals surface area contributed by atoms with E-state index in [1.165, 1.54) is 6.07 Å². The molecule has 0 unspecified atom stereocenters. The number of rotatable bonds is 3. The van der Waals surface area contributed by atoms with Crippen molar-refractivity contribution in [1.29, 1.82) is 0 Å². The lowest BCUT2D eigenvalue weighted by atomic mass is 9.92. The molecule has 6 nitrogen and oxygen atoms in total. The highest BCUT2D eigenvalue weighted by atomic mass is 35.7. The van der Waals surface area contributed by atoms with Crippen molar-refractivity contribution >= 4 is 38.3 Å². The first-order chi connectivity index (χ1) is 14.4. The van der Waals surface area contributed by atoms with Crippen LogP contribution in [-0.2, 0) is 0 Å². The third-order valence-corrected chi connectivity index (χ3v) is 5.44. The summed E-state index contributed by atoms with van der Waals surface area (Å²) in [5, 5.41) is 3.74. The van der Waals surface area contributed by atoms with Crippen molar-refractivity contribution in [3.8, 4) is 16.9 Å². The molecule has 0 saturated heterocycles. The first-order valence-electron chi connectivity index (χ1n) is 9.12. The predicted octanol–water partition coefficient (Wildman–Crippen LogP) is 2.07. The highest BCUT2D eigenvalue weighted by Gasteiger charge is 2.24. The molecule has 0 amide bonds. The topological polar surface area (TPSA) is 117 Å². The maximum absolute atomic E-state index is 11.3. The van der Waals surface area contributed by atoms with Gasteiger partial charge in [-0.15, -0.1) is 0 Å². The minimum Gasteiger partial charge on any atom is -0.383 e. The van der Waals surface area contributed by atoms with Crippen LogP contribution in [0.5, 0.6) is 5.75 Å². The average molecular weight is 419 g/mol. The number of anilines is 1. The summed E-state index contributed by atoms with van der Waals surface area (Å²) in [5.74, 6) is 0.308. The Balaban J connectivity index is 2.00. The first kappa shape index (κ1) is 18.6. The van der Waals surface area contributed by atoms with Gasteiger partial charge in [0.1, 0.15) is 16.1 Å². The van der Waals surface area contributed by atoms with E-state index >= 15 is 0 Å². The molecule has 148 valence electrons. The normalized spacial score (nSPS) is 12.0. The molecule has 0 atom stereocenters. The van der Waals surface area contributed by atoms with E-state index in [1.54, 1.807) is 12.1 Å². The summed E-state index contributed by atoms with van der Waals surface area (Å²) in [6.07, 6.45) is 0. The average Bonchev–Trinajstić information content (AvgIpc) is 2.73. The smallest absolute Gasteiger partial charge is 0.296 e. The standard InChI is InChI=1S/C23H15ClN2O4/c25-23-17-10-5-4-9-15(17)21-18(14-7-2-1-3-8-14)13-19-16(22(21)26-23)11-6-12-20(19)30-24(27,28)29/h1-13H,(H2,25,26). The Hall–Kier alpha value is -3.42. The fraction of sp³-hybridized carbons (Fsp3) is 0. The molecule has 0 bridgehead atoms. The van der Waals surface area contributed by atoms with E-state index in [9.17, 15) is 14.0 Å². The molecule has 1 heterocycles. The first-order valence-corrected chi connectivity index (χ1v) is 10.4. The molecule has 0 aliphatic rings. The van der Waals surface area contributed by atoms with Gasteiger partial charge >= 0.3 is 0 Å². The van der Waals surface area contributed by atoms with Crippen LogP contribution >= 0.6 is 0 Å². The zero-order chi connectivity index (χ0) is 20.9. The fourth-order valence-corrected chi connectivity index (χ4v) is 4.22. The van der Waals surface area contributed by atoms with E-state index in [0.29, 0.717) is 22.1 Å². The summed E-state index contributed by atoms with van der Waals surface area (Å²) >= 11 is 0. The zero-order valence-corrected chi connectivity index (χ0v) is 16.3. The molecule has 7 heteroatoms. The van der Waals surface area contributed by atoms with E-state index < -0.39 is 10.2 Å².